The first kappa shape index (κ1) is 19.6. The first-order valence-corrected chi connectivity index (χ1v) is 10.3. The van der Waals surface area contributed by atoms with Crippen molar-refractivity contribution in [1.29, 1.82) is 0 Å². The molecule has 1 atom stereocenters. The predicted molar refractivity (Wildman–Crippen MR) is 105 cm³/mol. The Morgan fingerprint density at radius 2 is 1.90 bits per heavy atom. The van der Waals surface area contributed by atoms with Gasteiger partial charge in [-0.05, 0) is 36.5 Å². The maximum Gasteiger partial charge on any atom is 0.255 e. The lowest BCUT2D eigenvalue weighted by Gasteiger charge is -2.33. The molecule has 2 fully saturated rings. The van der Waals surface area contributed by atoms with Crippen LogP contribution in [-0.2, 0) is 27.5 Å². The zero-order valence-electron chi connectivity index (χ0n) is 16.5. The minimum Gasteiger partial charge on any atom is -0.335 e. The molecule has 1 N–H and O–H groups in total. The molecule has 7 heteroatoms. The fourth-order valence-corrected chi connectivity index (χ4v) is 4.74. The third kappa shape index (κ3) is 3.91. The van der Waals surface area contributed by atoms with Crippen molar-refractivity contribution in [3.05, 3.63) is 41.8 Å². The molecule has 2 heterocycles. The molecule has 2 aliphatic heterocycles. The van der Waals surface area contributed by atoms with E-state index < -0.39 is 11.9 Å². The summed E-state index contributed by atoms with van der Waals surface area (Å²) in [7, 11) is 0. The summed E-state index contributed by atoms with van der Waals surface area (Å²) in [5.74, 6) is -1.05. The van der Waals surface area contributed by atoms with Gasteiger partial charge in [0.15, 0.2) is 0 Å². The monoisotopic (exact) mass is 396 g/mol. The number of benzene rings is 1. The Hall–Kier alpha value is -2.70. The fourth-order valence-electron chi connectivity index (χ4n) is 4.74. The number of piperidine rings is 1. The van der Waals surface area contributed by atoms with E-state index in [-0.39, 0.29) is 30.2 Å². The third-order valence-corrected chi connectivity index (χ3v) is 6.28. The van der Waals surface area contributed by atoms with Gasteiger partial charge >= 0.3 is 0 Å². The van der Waals surface area contributed by atoms with Gasteiger partial charge in [0.2, 0.25) is 17.7 Å². The molecule has 4 rings (SSSR count). The highest BCUT2D eigenvalue weighted by Gasteiger charge is 2.39. The third-order valence-electron chi connectivity index (χ3n) is 6.28. The molecule has 29 heavy (non-hydrogen) atoms. The summed E-state index contributed by atoms with van der Waals surface area (Å²) in [6.45, 7) is 4.46. The minimum atomic E-state index is -0.615. The van der Waals surface area contributed by atoms with Crippen LogP contribution in [0.1, 0.15) is 66.4 Å². The van der Waals surface area contributed by atoms with Crippen LogP contribution in [0.3, 0.4) is 0 Å². The zero-order chi connectivity index (χ0) is 20.5. The molecule has 0 bridgehead atoms. The summed E-state index contributed by atoms with van der Waals surface area (Å²) in [5, 5.41) is 2.32. The van der Waals surface area contributed by atoms with Crippen LogP contribution in [0.2, 0.25) is 0 Å². The molecule has 0 spiro atoms. The maximum atomic E-state index is 12.8. The molecule has 1 radical (unpaired) electrons. The molecule has 1 saturated carbocycles. The number of amides is 4. The SMILES string of the molecule is [CH2]C(=O)N(Cc1ccc2c(c1)CN(C1CCC(=O)NC1=O)C2=O)C1CCCCC1. The Labute approximate surface area is 170 Å². The summed E-state index contributed by atoms with van der Waals surface area (Å²) in [6.07, 6.45) is 6.09. The lowest BCUT2D eigenvalue weighted by atomic mass is 9.93. The van der Waals surface area contributed by atoms with Crippen LogP contribution in [0.25, 0.3) is 0 Å². The van der Waals surface area contributed by atoms with Gasteiger partial charge < -0.3 is 9.80 Å². The van der Waals surface area contributed by atoms with Gasteiger partial charge in [-0.25, -0.2) is 0 Å². The Kier molecular flexibility index (Phi) is 5.39. The van der Waals surface area contributed by atoms with Gasteiger partial charge in [0.1, 0.15) is 6.04 Å². The molecule has 1 saturated heterocycles. The number of hydrogen-bond donors (Lipinski definition) is 1. The van der Waals surface area contributed by atoms with E-state index in [4.69, 9.17) is 0 Å². The van der Waals surface area contributed by atoms with Crippen molar-refractivity contribution in [3.8, 4) is 0 Å². The number of nitrogens with one attached hydrogen (secondary N) is 1. The van der Waals surface area contributed by atoms with E-state index in [0.29, 0.717) is 25.1 Å². The van der Waals surface area contributed by atoms with Crippen LogP contribution in [0.5, 0.6) is 0 Å². The van der Waals surface area contributed by atoms with Crippen LogP contribution in [-0.4, -0.2) is 45.5 Å². The average Bonchev–Trinajstić information content (AvgIpc) is 3.02. The second kappa shape index (κ2) is 7.97. The van der Waals surface area contributed by atoms with Crippen molar-refractivity contribution in [2.45, 2.75) is 70.1 Å². The quantitative estimate of drug-likeness (QED) is 0.788. The van der Waals surface area contributed by atoms with Crippen molar-refractivity contribution in [1.82, 2.24) is 15.1 Å². The molecule has 1 unspecified atom stereocenters. The lowest BCUT2D eigenvalue weighted by Crippen LogP contribution is -2.52. The molecule has 1 aliphatic carbocycles. The van der Waals surface area contributed by atoms with Crippen LogP contribution in [0.15, 0.2) is 18.2 Å². The smallest absolute Gasteiger partial charge is 0.255 e. The number of carbonyl (C=O) groups is 4. The standard InChI is InChI=1S/C22H26N3O4/c1-14(26)24(17-5-3-2-4-6-17)12-15-7-8-18-16(11-15)13-25(22(18)29)19-9-10-20(27)23-21(19)28/h7-8,11,17,19H,1-6,9-10,12-13H2,(H,23,27,28). The van der Waals surface area contributed by atoms with Crippen LogP contribution < -0.4 is 5.32 Å². The van der Waals surface area contributed by atoms with Crippen molar-refractivity contribution in [3.63, 3.8) is 0 Å². The molecular weight excluding hydrogens is 370 g/mol. The number of rotatable bonds is 4. The van der Waals surface area contributed by atoms with E-state index in [9.17, 15) is 19.2 Å². The van der Waals surface area contributed by atoms with E-state index in [1.54, 1.807) is 11.0 Å². The Morgan fingerprint density at radius 3 is 2.59 bits per heavy atom. The van der Waals surface area contributed by atoms with E-state index >= 15 is 0 Å². The van der Waals surface area contributed by atoms with E-state index in [2.05, 4.69) is 12.2 Å². The predicted octanol–water partition coefficient (Wildman–Crippen LogP) is 1.94. The van der Waals surface area contributed by atoms with Crippen LogP contribution in [0.4, 0.5) is 0 Å². The first-order valence-electron chi connectivity index (χ1n) is 10.3. The molecule has 1 aromatic rings. The highest BCUT2D eigenvalue weighted by atomic mass is 16.2. The number of imide groups is 1. The van der Waals surface area contributed by atoms with Gasteiger partial charge in [0, 0.05) is 38.0 Å². The summed E-state index contributed by atoms with van der Waals surface area (Å²) in [4.78, 5) is 51.9. The minimum absolute atomic E-state index is 0.168. The van der Waals surface area contributed by atoms with Gasteiger partial charge in [0.05, 0.1) is 0 Å². The Bertz CT molecular complexity index is 860. The van der Waals surface area contributed by atoms with E-state index in [1.165, 1.54) is 6.42 Å². The topological polar surface area (TPSA) is 86.8 Å². The summed E-state index contributed by atoms with van der Waals surface area (Å²) in [5.41, 5.74) is 2.41. The van der Waals surface area contributed by atoms with Crippen molar-refractivity contribution in [2.24, 2.45) is 0 Å². The lowest BCUT2D eigenvalue weighted by molar-refractivity contribution is -0.137. The second-order valence-corrected chi connectivity index (χ2v) is 8.20. The summed E-state index contributed by atoms with van der Waals surface area (Å²) < 4.78 is 0. The highest BCUT2D eigenvalue weighted by Crippen LogP contribution is 2.29. The summed E-state index contributed by atoms with van der Waals surface area (Å²) >= 11 is 0. The second-order valence-electron chi connectivity index (χ2n) is 8.20. The molecule has 4 amide bonds. The Balaban J connectivity index is 1.50. The number of nitrogens with zero attached hydrogens (tertiary/aromatic N) is 2. The van der Waals surface area contributed by atoms with Crippen molar-refractivity contribution in [2.75, 3.05) is 0 Å². The van der Waals surface area contributed by atoms with Crippen molar-refractivity contribution >= 4 is 23.6 Å². The van der Waals surface area contributed by atoms with E-state index in [1.807, 2.05) is 17.0 Å². The van der Waals surface area contributed by atoms with Gasteiger partial charge in [0.25, 0.3) is 5.91 Å². The zero-order valence-corrected chi connectivity index (χ0v) is 16.5. The van der Waals surface area contributed by atoms with Gasteiger partial charge in [-0.1, -0.05) is 31.4 Å². The normalized spacial score (nSPS) is 22.4. The van der Waals surface area contributed by atoms with Gasteiger partial charge in [-0.2, -0.15) is 0 Å². The molecule has 1 aromatic carbocycles. The van der Waals surface area contributed by atoms with Crippen LogP contribution in [0, 0.1) is 6.92 Å². The summed E-state index contributed by atoms with van der Waals surface area (Å²) in [6, 6.07) is 5.23. The van der Waals surface area contributed by atoms with Gasteiger partial charge in [-0.3, -0.25) is 24.5 Å². The van der Waals surface area contributed by atoms with Gasteiger partial charge in [-0.15, -0.1) is 0 Å². The molecule has 0 aromatic heterocycles. The molecule has 3 aliphatic rings. The number of fused-ring (bicyclic) bond motifs is 1. The average molecular weight is 396 g/mol. The number of carbonyl (C=O) groups excluding carboxylic acids is 4. The Morgan fingerprint density at radius 1 is 1.14 bits per heavy atom. The molecule has 153 valence electrons. The highest BCUT2D eigenvalue weighted by molar-refractivity contribution is 6.05. The van der Waals surface area contributed by atoms with Crippen molar-refractivity contribution < 1.29 is 19.2 Å². The molecular formula is C22H26N3O4. The maximum absolute atomic E-state index is 12.8. The van der Waals surface area contributed by atoms with E-state index in [0.717, 1.165) is 36.8 Å². The molecule has 7 nitrogen and oxygen atoms in total. The van der Waals surface area contributed by atoms with Crippen LogP contribution >= 0.6 is 0 Å². The first-order chi connectivity index (χ1) is 13.9. The largest absolute Gasteiger partial charge is 0.335 e. The fraction of sp³-hybridized carbons (Fsp3) is 0.500. The number of hydrogen-bond acceptors (Lipinski definition) is 4.